The summed E-state index contributed by atoms with van der Waals surface area (Å²) in [5, 5.41) is 3.56. The Morgan fingerprint density at radius 3 is 2.76 bits per heavy atom. The van der Waals surface area contributed by atoms with E-state index in [1.165, 1.54) is 24.8 Å². The Bertz CT molecular complexity index is 386. The third-order valence-electron chi connectivity index (χ3n) is 4.43. The van der Waals surface area contributed by atoms with Gasteiger partial charge >= 0.3 is 0 Å². The second-order valence-electron chi connectivity index (χ2n) is 5.29. The van der Waals surface area contributed by atoms with Crippen LogP contribution in [-0.2, 0) is 0 Å². The summed E-state index contributed by atoms with van der Waals surface area (Å²) < 4.78 is 5.75. The number of rotatable bonds is 3. The molecule has 2 unspecified atom stereocenters. The highest BCUT2D eigenvalue weighted by Crippen LogP contribution is 2.42. The average molecular weight is 231 g/mol. The lowest BCUT2D eigenvalue weighted by atomic mass is 9.72. The van der Waals surface area contributed by atoms with Crippen LogP contribution in [0.2, 0.25) is 0 Å². The van der Waals surface area contributed by atoms with E-state index in [1.54, 1.807) is 0 Å². The van der Waals surface area contributed by atoms with E-state index in [9.17, 15) is 0 Å². The van der Waals surface area contributed by atoms with Gasteiger partial charge in [0.05, 0.1) is 6.61 Å². The second kappa shape index (κ2) is 4.69. The molecule has 0 spiro atoms. The van der Waals surface area contributed by atoms with Crippen LogP contribution in [0.25, 0.3) is 0 Å². The number of ether oxygens (including phenoxy) is 1. The number of hydrogen-bond donors (Lipinski definition) is 1. The number of nitrogens with one attached hydrogen (secondary N) is 1. The van der Waals surface area contributed by atoms with Gasteiger partial charge in [0.25, 0.3) is 0 Å². The molecule has 92 valence electrons. The predicted octanol–water partition coefficient (Wildman–Crippen LogP) is 2.94. The Kier molecular flexibility index (Phi) is 3.06. The molecule has 2 heteroatoms. The fraction of sp³-hybridized carbons (Fsp3) is 0.600. The molecule has 1 aliphatic carbocycles. The third kappa shape index (κ3) is 1.95. The van der Waals surface area contributed by atoms with Gasteiger partial charge in [-0.15, -0.1) is 0 Å². The molecule has 0 radical (unpaired) electrons. The molecule has 1 saturated carbocycles. The molecule has 2 nitrogen and oxygen atoms in total. The molecule has 3 rings (SSSR count). The molecule has 1 fully saturated rings. The second-order valence-corrected chi connectivity index (χ2v) is 5.29. The van der Waals surface area contributed by atoms with E-state index in [-0.39, 0.29) is 0 Å². The van der Waals surface area contributed by atoms with Crippen molar-refractivity contribution in [3.8, 4) is 5.75 Å². The lowest BCUT2D eigenvalue weighted by Crippen LogP contribution is -2.43. The van der Waals surface area contributed by atoms with Gasteiger partial charge in [-0.25, -0.2) is 0 Å². The quantitative estimate of drug-likeness (QED) is 0.863. The summed E-state index contributed by atoms with van der Waals surface area (Å²) in [4.78, 5) is 0. The summed E-state index contributed by atoms with van der Waals surface area (Å²) in [5.74, 6) is 2.61. The third-order valence-corrected chi connectivity index (χ3v) is 4.43. The predicted molar refractivity (Wildman–Crippen MR) is 69.5 cm³/mol. The highest BCUT2D eigenvalue weighted by Gasteiger charge is 2.35. The summed E-state index contributed by atoms with van der Waals surface area (Å²) in [6, 6.07) is 9.18. The van der Waals surface area contributed by atoms with Crippen LogP contribution in [0.1, 0.15) is 37.2 Å². The van der Waals surface area contributed by atoms with E-state index in [4.69, 9.17) is 4.74 Å². The van der Waals surface area contributed by atoms with Crippen molar-refractivity contribution in [2.75, 3.05) is 13.7 Å². The monoisotopic (exact) mass is 231 g/mol. The van der Waals surface area contributed by atoms with Gasteiger partial charge in [-0.3, -0.25) is 0 Å². The molecule has 17 heavy (non-hydrogen) atoms. The maximum atomic E-state index is 5.75. The van der Waals surface area contributed by atoms with Crippen LogP contribution in [0.5, 0.6) is 5.75 Å². The van der Waals surface area contributed by atoms with Crippen LogP contribution >= 0.6 is 0 Å². The van der Waals surface area contributed by atoms with Crippen molar-refractivity contribution in [2.45, 2.75) is 37.6 Å². The van der Waals surface area contributed by atoms with Crippen LogP contribution in [0, 0.1) is 5.92 Å². The summed E-state index contributed by atoms with van der Waals surface area (Å²) in [6.45, 7) is 0.868. The molecule has 0 bridgehead atoms. The minimum Gasteiger partial charge on any atom is -0.493 e. The van der Waals surface area contributed by atoms with E-state index < -0.39 is 0 Å². The van der Waals surface area contributed by atoms with E-state index in [2.05, 4.69) is 36.6 Å². The van der Waals surface area contributed by atoms with E-state index >= 15 is 0 Å². The van der Waals surface area contributed by atoms with Crippen molar-refractivity contribution in [3.05, 3.63) is 29.8 Å². The van der Waals surface area contributed by atoms with Gasteiger partial charge < -0.3 is 10.1 Å². The first-order valence-corrected chi connectivity index (χ1v) is 6.79. The van der Waals surface area contributed by atoms with Gasteiger partial charge in [0.15, 0.2) is 0 Å². The van der Waals surface area contributed by atoms with Gasteiger partial charge in [0.1, 0.15) is 5.75 Å². The SMILES string of the molecule is CNC(C1CCC1)C1CCOc2ccccc21. The number of para-hydroxylation sites is 1. The van der Waals surface area contributed by atoms with Gasteiger partial charge in [0.2, 0.25) is 0 Å². The molecule has 1 aliphatic heterocycles. The van der Waals surface area contributed by atoms with Crippen molar-refractivity contribution in [1.29, 1.82) is 0 Å². The highest BCUT2D eigenvalue weighted by molar-refractivity contribution is 5.38. The molecule has 0 aromatic heterocycles. The number of likely N-dealkylation sites (N-methyl/N-ethyl adjacent to an activating group) is 1. The fourth-order valence-corrected chi connectivity index (χ4v) is 3.31. The van der Waals surface area contributed by atoms with Gasteiger partial charge in [-0.05, 0) is 43.9 Å². The first kappa shape index (κ1) is 11.1. The Hall–Kier alpha value is -1.02. The molecule has 1 heterocycles. The Morgan fingerprint density at radius 2 is 2.06 bits per heavy atom. The van der Waals surface area contributed by atoms with Gasteiger partial charge in [-0.1, -0.05) is 24.6 Å². The Balaban J connectivity index is 1.87. The lowest BCUT2D eigenvalue weighted by Gasteiger charge is -2.40. The Morgan fingerprint density at radius 1 is 1.24 bits per heavy atom. The van der Waals surface area contributed by atoms with Crippen LogP contribution < -0.4 is 10.1 Å². The van der Waals surface area contributed by atoms with Crippen molar-refractivity contribution >= 4 is 0 Å². The van der Waals surface area contributed by atoms with Crippen LogP contribution in [0.4, 0.5) is 0 Å². The summed E-state index contributed by atoms with van der Waals surface area (Å²) in [5.41, 5.74) is 1.41. The molecule has 1 aromatic rings. The molecule has 0 saturated heterocycles. The normalized spacial score (nSPS) is 25.6. The van der Waals surface area contributed by atoms with Crippen molar-refractivity contribution < 1.29 is 4.74 Å². The molecule has 0 amide bonds. The van der Waals surface area contributed by atoms with E-state index in [0.29, 0.717) is 12.0 Å². The van der Waals surface area contributed by atoms with Crippen LogP contribution in [0.15, 0.2) is 24.3 Å². The maximum absolute atomic E-state index is 5.75. The molecule has 1 N–H and O–H groups in total. The highest BCUT2D eigenvalue weighted by atomic mass is 16.5. The zero-order valence-corrected chi connectivity index (χ0v) is 10.5. The smallest absolute Gasteiger partial charge is 0.122 e. The fourth-order valence-electron chi connectivity index (χ4n) is 3.31. The average Bonchev–Trinajstić information content (AvgIpc) is 2.33. The first-order chi connectivity index (χ1) is 8.40. The maximum Gasteiger partial charge on any atom is 0.122 e. The Labute approximate surface area is 103 Å². The topological polar surface area (TPSA) is 21.3 Å². The van der Waals surface area contributed by atoms with Crippen molar-refractivity contribution in [2.24, 2.45) is 5.92 Å². The van der Waals surface area contributed by atoms with Crippen molar-refractivity contribution in [1.82, 2.24) is 5.32 Å². The first-order valence-electron chi connectivity index (χ1n) is 6.79. The zero-order chi connectivity index (χ0) is 11.7. The largest absolute Gasteiger partial charge is 0.493 e. The summed E-state index contributed by atoms with van der Waals surface area (Å²) in [6.07, 6.45) is 5.35. The van der Waals surface area contributed by atoms with Gasteiger partial charge in [0, 0.05) is 12.0 Å². The van der Waals surface area contributed by atoms with E-state index in [0.717, 1.165) is 24.7 Å². The molecule has 2 atom stereocenters. The molecular formula is C15H21NO. The summed E-state index contributed by atoms with van der Waals surface area (Å²) >= 11 is 0. The lowest BCUT2D eigenvalue weighted by molar-refractivity contribution is 0.175. The van der Waals surface area contributed by atoms with Gasteiger partial charge in [-0.2, -0.15) is 0 Å². The molecule has 1 aromatic carbocycles. The molecular weight excluding hydrogens is 210 g/mol. The minimum absolute atomic E-state index is 0.633. The molecule has 2 aliphatic rings. The van der Waals surface area contributed by atoms with Crippen molar-refractivity contribution in [3.63, 3.8) is 0 Å². The van der Waals surface area contributed by atoms with E-state index in [1.807, 2.05) is 0 Å². The standard InChI is InChI=1S/C15H21NO/c1-16-15(11-5-4-6-11)13-9-10-17-14-8-3-2-7-12(13)14/h2-3,7-8,11,13,15-16H,4-6,9-10H2,1H3. The summed E-state index contributed by atoms with van der Waals surface area (Å²) in [7, 11) is 2.11. The van der Waals surface area contributed by atoms with Crippen LogP contribution in [0.3, 0.4) is 0 Å². The minimum atomic E-state index is 0.633. The number of fused-ring (bicyclic) bond motifs is 1. The van der Waals surface area contributed by atoms with Crippen LogP contribution in [-0.4, -0.2) is 19.7 Å². The zero-order valence-electron chi connectivity index (χ0n) is 10.5. The number of hydrogen-bond acceptors (Lipinski definition) is 2. The number of benzene rings is 1.